The molecule has 0 saturated heterocycles. The molecule has 2 aromatic heterocycles. The Hall–Kier alpha value is -2.61. The Kier molecular flexibility index (Phi) is 4.50. The van der Waals surface area contributed by atoms with Gasteiger partial charge in [0.15, 0.2) is 5.82 Å². The van der Waals surface area contributed by atoms with Crippen LogP contribution in [0.4, 0.5) is 0 Å². The van der Waals surface area contributed by atoms with Gasteiger partial charge in [-0.05, 0) is 30.4 Å². The van der Waals surface area contributed by atoms with Crippen molar-refractivity contribution in [1.82, 2.24) is 15.5 Å². The van der Waals surface area contributed by atoms with Gasteiger partial charge in [-0.2, -0.15) is 4.98 Å². The molecule has 1 unspecified atom stereocenters. The molecular weight excluding hydrogens is 352 g/mol. The molecule has 1 fully saturated rings. The second-order valence-electron chi connectivity index (χ2n) is 6.47. The third-order valence-corrected chi connectivity index (χ3v) is 5.98. The molecule has 2 amide bonds. The number of aliphatic imine (C=N–C) groups is 1. The lowest BCUT2D eigenvalue weighted by Gasteiger charge is -2.26. The van der Waals surface area contributed by atoms with Crippen molar-refractivity contribution in [3.05, 3.63) is 46.3 Å². The van der Waals surface area contributed by atoms with Gasteiger partial charge in [0.1, 0.15) is 5.92 Å². The molecule has 1 N–H and O–H groups in total. The number of hydrogen-bond donors (Lipinski definition) is 1. The molecule has 7 nitrogen and oxygen atoms in total. The van der Waals surface area contributed by atoms with Crippen molar-refractivity contribution in [2.75, 3.05) is 0 Å². The first kappa shape index (κ1) is 16.8. The van der Waals surface area contributed by atoms with Crippen LogP contribution in [0.2, 0.25) is 0 Å². The molecule has 1 saturated carbocycles. The van der Waals surface area contributed by atoms with Crippen LogP contribution in [0.3, 0.4) is 0 Å². The Balaban J connectivity index is 1.44. The third kappa shape index (κ3) is 3.01. The molecular formula is C18H18N4O3S. The summed E-state index contributed by atoms with van der Waals surface area (Å²) in [6.07, 6.45) is 8.59. The number of rotatable bonds is 5. The molecule has 2 aromatic rings. The van der Waals surface area contributed by atoms with E-state index in [0.717, 1.165) is 30.6 Å². The molecule has 1 atom stereocenters. The molecule has 8 heteroatoms. The minimum absolute atomic E-state index is 0.00422. The van der Waals surface area contributed by atoms with Crippen LogP contribution in [0.1, 0.15) is 48.2 Å². The smallest absolute Gasteiger partial charge is 0.260 e. The summed E-state index contributed by atoms with van der Waals surface area (Å²) in [5.41, 5.74) is -0.451. The van der Waals surface area contributed by atoms with E-state index in [1.54, 1.807) is 23.5 Å². The maximum absolute atomic E-state index is 12.9. The van der Waals surface area contributed by atoms with Crippen LogP contribution in [-0.4, -0.2) is 28.2 Å². The summed E-state index contributed by atoms with van der Waals surface area (Å²) in [6, 6.07) is 4.01. The van der Waals surface area contributed by atoms with E-state index >= 15 is 0 Å². The zero-order chi connectivity index (χ0) is 18.0. The van der Waals surface area contributed by atoms with Gasteiger partial charge in [0, 0.05) is 11.1 Å². The number of nitrogens with one attached hydrogen (secondary N) is 1. The molecule has 2 aliphatic rings. The lowest BCUT2D eigenvalue weighted by atomic mass is 9.83. The third-order valence-electron chi connectivity index (χ3n) is 4.90. The number of aromatic nitrogens is 2. The summed E-state index contributed by atoms with van der Waals surface area (Å²) < 4.78 is 5.19. The van der Waals surface area contributed by atoms with Gasteiger partial charge in [-0.1, -0.05) is 30.1 Å². The molecule has 1 aliphatic heterocycles. The van der Waals surface area contributed by atoms with Gasteiger partial charge in [-0.15, -0.1) is 11.3 Å². The highest BCUT2D eigenvalue weighted by atomic mass is 32.1. The Morgan fingerprint density at radius 3 is 2.96 bits per heavy atom. The largest absolute Gasteiger partial charge is 0.346 e. The maximum Gasteiger partial charge on any atom is 0.260 e. The number of allylic oxidation sites excluding steroid dienone is 1. The van der Waals surface area contributed by atoms with Crippen molar-refractivity contribution in [2.24, 2.45) is 4.99 Å². The van der Waals surface area contributed by atoms with Crippen LogP contribution in [0.5, 0.6) is 0 Å². The fraction of sp³-hybridized carbons (Fsp3) is 0.389. The second-order valence-corrected chi connectivity index (χ2v) is 7.42. The molecule has 1 aliphatic carbocycles. The van der Waals surface area contributed by atoms with Crippen LogP contribution >= 0.6 is 11.3 Å². The average molecular weight is 370 g/mol. The zero-order valence-corrected chi connectivity index (χ0v) is 14.9. The number of dihydropyridines is 1. The van der Waals surface area contributed by atoms with E-state index in [1.807, 2.05) is 17.5 Å². The topological polar surface area (TPSA) is 97.5 Å². The highest BCUT2D eigenvalue weighted by Crippen LogP contribution is 2.43. The van der Waals surface area contributed by atoms with Crippen molar-refractivity contribution in [3.8, 4) is 0 Å². The minimum atomic E-state index is -0.625. The van der Waals surface area contributed by atoms with E-state index < -0.39 is 11.3 Å². The summed E-state index contributed by atoms with van der Waals surface area (Å²) in [7, 11) is 0. The predicted molar refractivity (Wildman–Crippen MR) is 96.0 cm³/mol. The first-order valence-corrected chi connectivity index (χ1v) is 9.46. The van der Waals surface area contributed by atoms with Gasteiger partial charge in [-0.25, -0.2) is 4.99 Å². The summed E-state index contributed by atoms with van der Waals surface area (Å²) in [6.45, 7) is 0.146. The van der Waals surface area contributed by atoms with Gasteiger partial charge in [0.25, 0.3) is 5.91 Å². The molecule has 0 bridgehead atoms. The van der Waals surface area contributed by atoms with Gasteiger partial charge in [0.05, 0.1) is 12.0 Å². The van der Waals surface area contributed by atoms with Gasteiger partial charge >= 0.3 is 0 Å². The minimum Gasteiger partial charge on any atom is -0.346 e. The van der Waals surface area contributed by atoms with Crippen LogP contribution in [0, 0.1) is 0 Å². The lowest BCUT2D eigenvalue weighted by molar-refractivity contribution is -0.126. The van der Waals surface area contributed by atoms with Crippen LogP contribution in [-0.2, 0) is 21.5 Å². The van der Waals surface area contributed by atoms with Crippen molar-refractivity contribution in [2.45, 2.75) is 43.6 Å². The quantitative estimate of drug-likeness (QED) is 0.872. The standard InChI is InChI=1S/C18H18N4O3S/c23-16-12(5-3-9-19-16)15-21-14(25-22-15)11-20-17(24)18(7-1-2-8-18)13-6-4-10-26-13/h3-6,9-10,12H,1-2,7-8,11H2,(H,20,24). The van der Waals surface area contributed by atoms with Crippen LogP contribution in [0.25, 0.3) is 0 Å². The molecule has 0 spiro atoms. The highest BCUT2D eigenvalue weighted by Gasteiger charge is 2.43. The summed E-state index contributed by atoms with van der Waals surface area (Å²) in [5.74, 6) is -0.410. The number of hydrogen-bond acceptors (Lipinski definition) is 6. The SMILES string of the molecule is O=C1N=CC=CC1c1noc(CNC(=O)C2(c3cccs3)CCCC2)n1. The Bertz CT molecular complexity index is 863. The fourth-order valence-electron chi connectivity index (χ4n) is 3.54. The molecule has 0 radical (unpaired) electrons. The van der Waals surface area contributed by atoms with Gasteiger partial charge in [-0.3, -0.25) is 9.59 Å². The summed E-state index contributed by atoms with van der Waals surface area (Å²) in [5, 5.41) is 8.79. The van der Waals surface area contributed by atoms with E-state index in [4.69, 9.17) is 4.52 Å². The van der Waals surface area contributed by atoms with Gasteiger partial charge < -0.3 is 9.84 Å². The maximum atomic E-state index is 12.9. The lowest BCUT2D eigenvalue weighted by Crippen LogP contribution is -2.41. The highest BCUT2D eigenvalue weighted by molar-refractivity contribution is 7.10. The Morgan fingerprint density at radius 1 is 1.38 bits per heavy atom. The fourth-order valence-corrected chi connectivity index (χ4v) is 4.53. The number of nitrogens with zero attached hydrogens (tertiary/aromatic N) is 3. The van der Waals surface area contributed by atoms with E-state index in [0.29, 0.717) is 0 Å². The van der Waals surface area contributed by atoms with E-state index in [-0.39, 0.29) is 30.1 Å². The Morgan fingerprint density at radius 2 is 2.23 bits per heavy atom. The number of amides is 2. The van der Waals surface area contributed by atoms with Crippen molar-refractivity contribution in [3.63, 3.8) is 0 Å². The van der Waals surface area contributed by atoms with Crippen molar-refractivity contribution >= 4 is 29.4 Å². The molecule has 3 heterocycles. The van der Waals surface area contributed by atoms with E-state index in [2.05, 4.69) is 20.4 Å². The summed E-state index contributed by atoms with van der Waals surface area (Å²) >= 11 is 1.62. The monoisotopic (exact) mass is 370 g/mol. The first-order valence-electron chi connectivity index (χ1n) is 8.58. The molecule has 134 valence electrons. The van der Waals surface area contributed by atoms with Gasteiger partial charge in [0.2, 0.25) is 11.8 Å². The first-order chi connectivity index (χ1) is 12.7. The number of carbonyl (C=O) groups excluding carboxylic acids is 2. The number of carbonyl (C=O) groups is 2. The Labute approximate surface area is 154 Å². The van der Waals surface area contributed by atoms with Crippen molar-refractivity contribution in [1.29, 1.82) is 0 Å². The molecule has 0 aromatic carbocycles. The van der Waals surface area contributed by atoms with Crippen LogP contribution < -0.4 is 5.32 Å². The normalized spacial score (nSPS) is 21.2. The van der Waals surface area contributed by atoms with E-state index in [1.165, 1.54) is 6.21 Å². The summed E-state index contributed by atoms with van der Waals surface area (Å²) in [4.78, 5) is 33.8. The molecule has 26 heavy (non-hydrogen) atoms. The van der Waals surface area contributed by atoms with Crippen molar-refractivity contribution < 1.29 is 14.1 Å². The zero-order valence-electron chi connectivity index (χ0n) is 14.1. The average Bonchev–Trinajstić information content (AvgIpc) is 3.41. The predicted octanol–water partition coefficient (Wildman–Crippen LogP) is 2.51. The molecule has 4 rings (SSSR count). The van der Waals surface area contributed by atoms with E-state index in [9.17, 15) is 9.59 Å². The second kappa shape index (κ2) is 6.95. The van der Waals surface area contributed by atoms with Crippen LogP contribution in [0.15, 0.2) is 39.2 Å². The number of thiophene rings is 1.